The van der Waals surface area contributed by atoms with Crippen LogP contribution in [0, 0.1) is 0 Å². The van der Waals surface area contributed by atoms with E-state index in [0.717, 1.165) is 25.9 Å². The number of hydrogen-bond donors (Lipinski definition) is 1. The van der Waals surface area contributed by atoms with Crippen LogP contribution in [-0.4, -0.2) is 24.2 Å². The Bertz CT molecular complexity index is 93.6. The molecule has 0 aliphatic heterocycles. The molecule has 0 aromatic carbocycles. The zero-order valence-corrected chi connectivity index (χ0v) is 6.34. The first-order valence-corrected chi connectivity index (χ1v) is 3.62. The van der Waals surface area contributed by atoms with Crippen molar-refractivity contribution in [1.82, 2.24) is 5.32 Å². The Morgan fingerprint density at radius 2 is 2.20 bits per heavy atom. The molecule has 0 fully saturated rings. The van der Waals surface area contributed by atoms with Gasteiger partial charge < -0.3 is 5.11 Å². The zero-order chi connectivity index (χ0) is 7.82. The van der Waals surface area contributed by atoms with Gasteiger partial charge in [0.05, 0.1) is 0 Å². The van der Waals surface area contributed by atoms with Crippen LogP contribution in [0.25, 0.3) is 0 Å². The summed E-state index contributed by atoms with van der Waals surface area (Å²) in [4.78, 5) is 10.0. The molecule has 0 aromatic rings. The van der Waals surface area contributed by atoms with Crippen molar-refractivity contribution in [2.24, 2.45) is 0 Å². The highest BCUT2D eigenvalue weighted by molar-refractivity contribution is 5.66. The predicted molar refractivity (Wildman–Crippen MR) is 39.0 cm³/mol. The van der Waals surface area contributed by atoms with Gasteiger partial charge in [-0.2, -0.15) is 0 Å². The summed E-state index contributed by atoms with van der Waals surface area (Å²) in [5.74, 6) is -0.712. The maximum Gasteiger partial charge on any atom is 0.303 e. The molecule has 1 radical (unpaired) electrons. The van der Waals surface area contributed by atoms with Gasteiger partial charge in [0.2, 0.25) is 0 Å². The van der Waals surface area contributed by atoms with E-state index in [1.165, 1.54) is 0 Å². The smallest absolute Gasteiger partial charge is 0.303 e. The summed E-state index contributed by atoms with van der Waals surface area (Å²) in [6, 6.07) is 0. The van der Waals surface area contributed by atoms with Crippen LogP contribution in [0.15, 0.2) is 0 Å². The van der Waals surface area contributed by atoms with Crippen LogP contribution in [0.1, 0.15) is 26.2 Å². The van der Waals surface area contributed by atoms with Crippen LogP contribution in [0.2, 0.25) is 0 Å². The van der Waals surface area contributed by atoms with E-state index in [2.05, 4.69) is 5.32 Å². The third-order valence-corrected chi connectivity index (χ3v) is 1.18. The van der Waals surface area contributed by atoms with Gasteiger partial charge in [0.15, 0.2) is 0 Å². The van der Waals surface area contributed by atoms with Crippen LogP contribution in [0.5, 0.6) is 0 Å². The molecular weight excluding hydrogens is 130 g/mol. The largest absolute Gasteiger partial charge is 0.481 e. The molecule has 0 atom stereocenters. The molecule has 0 bridgehead atoms. The van der Waals surface area contributed by atoms with Crippen LogP contribution in [-0.2, 0) is 4.79 Å². The van der Waals surface area contributed by atoms with Crippen molar-refractivity contribution in [2.45, 2.75) is 26.2 Å². The molecule has 10 heavy (non-hydrogen) atoms. The number of nitrogens with zero attached hydrogens (tertiary/aromatic N) is 1. The summed E-state index contributed by atoms with van der Waals surface area (Å²) in [6.45, 7) is 3.63. The van der Waals surface area contributed by atoms with Gasteiger partial charge in [0.25, 0.3) is 0 Å². The van der Waals surface area contributed by atoms with Crippen molar-refractivity contribution < 1.29 is 9.90 Å². The molecule has 3 nitrogen and oxygen atoms in total. The summed E-state index contributed by atoms with van der Waals surface area (Å²) in [5, 5.41) is 12.3. The summed E-state index contributed by atoms with van der Waals surface area (Å²) < 4.78 is 0. The number of rotatable bonds is 6. The number of hydrogen-bond acceptors (Lipinski definition) is 1. The first-order chi connectivity index (χ1) is 4.77. The molecule has 0 saturated carbocycles. The van der Waals surface area contributed by atoms with E-state index in [9.17, 15) is 4.79 Å². The molecule has 0 unspecified atom stereocenters. The highest BCUT2D eigenvalue weighted by Gasteiger charge is 1.94. The van der Waals surface area contributed by atoms with E-state index in [-0.39, 0.29) is 6.42 Å². The Hall–Kier alpha value is -0.570. The van der Waals surface area contributed by atoms with Gasteiger partial charge >= 0.3 is 5.97 Å². The molecular formula is C7H14NO2. The number of unbranched alkanes of at least 4 members (excludes halogenated alkanes) is 1. The van der Waals surface area contributed by atoms with Crippen molar-refractivity contribution >= 4 is 5.97 Å². The van der Waals surface area contributed by atoms with Crippen LogP contribution < -0.4 is 5.32 Å². The lowest BCUT2D eigenvalue weighted by Crippen LogP contribution is -2.06. The molecule has 59 valence electrons. The van der Waals surface area contributed by atoms with Crippen molar-refractivity contribution in [2.75, 3.05) is 13.1 Å². The van der Waals surface area contributed by atoms with Crippen LogP contribution in [0.3, 0.4) is 0 Å². The van der Waals surface area contributed by atoms with Gasteiger partial charge in [-0.25, -0.2) is 5.32 Å². The van der Waals surface area contributed by atoms with Gasteiger partial charge in [0.1, 0.15) is 0 Å². The van der Waals surface area contributed by atoms with Gasteiger partial charge in [-0.1, -0.05) is 6.92 Å². The fraction of sp³-hybridized carbons (Fsp3) is 0.857. The molecule has 0 rings (SSSR count). The monoisotopic (exact) mass is 144 g/mol. The second kappa shape index (κ2) is 6.55. The molecule has 3 heteroatoms. The minimum Gasteiger partial charge on any atom is -0.481 e. The third kappa shape index (κ3) is 7.43. The summed E-state index contributed by atoms with van der Waals surface area (Å²) >= 11 is 0. The molecule has 0 amide bonds. The van der Waals surface area contributed by atoms with Gasteiger partial charge in [-0.15, -0.1) is 0 Å². The van der Waals surface area contributed by atoms with Crippen LogP contribution in [0.4, 0.5) is 0 Å². The Labute approximate surface area is 61.4 Å². The van der Waals surface area contributed by atoms with E-state index >= 15 is 0 Å². The highest BCUT2D eigenvalue weighted by Crippen LogP contribution is 1.93. The number of carboxylic acid groups (broad SMARTS) is 1. The Kier molecular flexibility index (Phi) is 6.18. The highest BCUT2D eigenvalue weighted by atomic mass is 16.4. The fourth-order valence-corrected chi connectivity index (χ4v) is 0.658. The molecule has 1 N–H and O–H groups in total. The van der Waals surface area contributed by atoms with Crippen LogP contribution >= 0.6 is 0 Å². The minimum absolute atomic E-state index is 0.277. The standard InChI is InChI=1S/C7H14NO2/c1-2-8-6-4-3-5-7(9)10/h2-6H2,1H3,(H,9,10). The van der Waals surface area contributed by atoms with Gasteiger partial charge in [0, 0.05) is 19.5 Å². The minimum atomic E-state index is -0.712. The average molecular weight is 144 g/mol. The van der Waals surface area contributed by atoms with Crippen molar-refractivity contribution in [3.8, 4) is 0 Å². The maximum atomic E-state index is 10.0. The van der Waals surface area contributed by atoms with Gasteiger partial charge in [-0.05, 0) is 12.8 Å². The molecule has 0 aromatic heterocycles. The average Bonchev–Trinajstić information content (AvgIpc) is 1.87. The molecule has 0 aliphatic carbocycles. The normalized spacial score (nSPS) is 9.70. The lowest BCUT2D eigenvalue weighted by molar-refractivity contribution is -0.137. The first kappa shape index (κ1) is 9.43. The maximum absolute atomic E-state index is 10.0. The van der Waals surface area contributed by atoms with E-state index < -0.39 is 5.97 Å². The SMILES string of the molecule is CC[N]CCCCC(=O)O. The third-order valence-electron chi connectivity index (χ3n) is 1.18. The molecule has 0 heterocycles. The van der Waals surface area contributed by atoms with Crippen molar-refractivity contribution in [3.63, 3.8) is 0 Å². The number of carboxylic acids is 1. The van der Waals surface area contributed by atoms with Crippen molar-refractivity contribution in [1.29, 1.82) is 0 Å². The van der Waals surface area contributed by atoms with Gasteiger partial charge in [-0.3, -0.25) is 4.79 Å². The Balaban J connectivity index is 2.84. The number of carbonyl (C=O) groups is 1. The van der Waals surface area contributed by atoms with Crippen molar-refractivity contribution in [3.05, 3.63) is 0 Å². The second-order valence-corrected chi connectivity index (χ2v) is 2.11. The first-order valence-electron chi connectivity index (χ1n) is 3.62. The number of aliphatic carboxylic acids is 1. The van der Waals surface area contributed by atoms with E-state index in [4.69, 9.17) is 5.11 Å². The molecule has 0 spiro atoms. The lowest BCUT2D eigenvalue weighted by atomic mass is 10.2. The molecule has 0 aliphatic rings. The van der Waals surface area contributed by atoms with E-state index in [1.807, 2.05) is 6.92 Å². The Morgan fingerprint density at radius 3 is 2.70 bits per heavy atom. The lowest BCUT2D eigenvalue weighted by Gasteiger charge is -1.96. The summed E-state index contributed by atoms with van der Waals surface area (Å²) in [7, 11) is 0. The molecule has 0 saturated heterocycles. The predicted octanol–water partition coefficient (Wildman–Crippen LogP) is 0.866. The van der Waals surface area contributed by atoms with E-state index in [1.54, 1.807) is 0 Å². The second-order valence-electron chi connectivity index (χ2n) is 2.11. The topological polar surface area (TPSA) is 51.4 Å². The quantitative estimate of drug-likeness (QED) is 0.562. The Morgan fingerprint density at radius 1 is 1.50 bits per heavy atom. The fourth-order valence-electron chi connectivity index (χ4n) is 0.658. The zero-order valence-electron chi connectivity index (χ0n) is 6.34. The van der Waals surface area contributed by atoms with E-state index in [0.29, 0.717) is 0 Å². The summed E-state index contributed by atoms with van der Waals surface area (Å²) in [5.41, 5.74) is 0. The summed E-state index contributed by atoms with van der Waals surface area (Å²) in [6.07, 6.45) is 1.93.